The SMILES string of the molecule is O=S(=O)(NCC1CCCC1)c1cc(CNC2CC2)sc1Br. The van der Waals surface area contributed by atoms with E-state index < -0.39 is 10.0 Å². The van der Waals surface area contributed by atoms with Gasteiger partial charge < -0.3 is 5.32 Å². The van der Waals surface area contributed by atoms with E-state index in [0.29, 0.717) is 27.2 Å². The molecule has 21 heavy (non-hydrogen) atoms. The van der Waals surface area contributed by atoms with Crippen molar-refractivity contribution in [2.45, 2.75) is 56.0 Å². The summed E-state index contributed by atoms with van der Waals surface area (Å²) in [4.78, 5) is 1.45. The Labute approximate surface area is 138 Å². The third-order valence-corrected chi connectivity index (χ3v) is 7.85. The second-order valence-corrected chi connectivity index (χ2v) is 10.2. The zero-order valence-corrected chi connectivity index (χ0v) is 15.1. The molecule has 1 aromatic rings. The molecule has 1 aromatic heterocycles. The molecule has 1 heterocycles. The van der Waals surface area contributed by atoms with Gasteiger partial charge in [-0.25, -0.2) is 13.1 Å². The van der Waals surface area contributed by atoms with Crippen LogP contribution in [-0.4, -0.2) is 21.0 Å². The minimum atomic E-state index is -3.39. The predicted octanol–water partition coefficient (Wildman–Crippen LogP) is 3.23. The number of halogens is 1. The topological polar surface area (TPSA) is 58.2 Å². The summed E-state index contributed by atoms with van der Waals surface area (Å²) in [6, 6.07) is 2.42. The zero-order valence-electron chi connectivity index (χ0n) is 11.9. The lowest BCUT2D eigenvalue weighted by Crippen LogP contribution is -2.28. The standard InChI is InChI=1S/C14H21BrN2O2S2/c15-14-13(7-12(20-14)9-16-11-5-6-11)21(18,19)17-8-10-3-1-2-4-10/h7,10-11,16-17H,1-6,8-9H2. The quantitative estimate of drug-likeness (QED) is 0.748. The lowest BCUT2D eigenvalue weighted by molar-refractivity contribution is 0.519. The molecule has 0 amide bonds. The first-order valence-electron chi connectivity index (χ1n) is 7.56. The number of hydrogen-bond donors (Lipinski definition) is 2. The fraction of sp³-hybridized carbons (Fsp3) is 0.714. The van der Waals surface area contributed by atoms with Crippen molar-refractivity contribution in [1.82, 2.24) is 10.0 Å². The zero-order chi connectivity index (χ0) is 14.9. The summed E-state index contributed by atoms with van der Waals surface area (Å²) < 4.78 is 28.3. The monoisotopic (exact) mass is 392 g/mol. The first-order valence-corrected chi connectivity index (χ1v) is 10.6. The highest BCUT2D eigenvalue weighted by molar-refractivity contribution is 9.11. The lowest BCUT2D eigenvalue weighted by Gasteiger charge is -2.10. The highest BCUT2D eigenvalue weighted by Crippen LogP contribution is 2.32. The Morgan fingerprint density at radius 3 is 2.62 bits per heavy atom. The van der Waals surface area contributed by atoms with Gasteiger partial charge in [0, 0.05) is 24.0 Å². The Kier molecular flexibility index (Phi) is 5.05. The summed E-state index contributed by atoms with van der Waals surface area (Å²) in [5.41, 5.74) is 0. The van der Waals surface area contributed by atoms with Crippen LogP contribution in [0.2, 0.25) is 0 Å². The number of nitrogens with one attached hydrogen (secondary N) is 2. The normalized spacial score (nSPS) is 20.2. The van der Waals surface area contributed by atoms with Gasteiger partial charge in [-0.05, 0) is 53.6 Å². The molecule has 3 rings (SSSR count). The van der Waals surface area contributed by atoms with E-state index in [9.17, 15) is 8.42 Å². The molecule has 4 nitrogen and oxygen atoms in total. The molecule has 2 aliphatic rings. The van der Waals surface area contributed by atoms with Crippen LogP contribution in [0.5, 0.6) is 0 Å². The predicted molar refractivity (Wildman–Crippen MR) is 89.0 cm³/mol. The van der Waals surface area contributed by atoms with Crippen molar-refractivity contribution in [2.75, 3.05) is 6.54 Å². The molecule has 0 unspecified atom stereocenters. The van der Waals surface area contributed by atoms with E-state index in [1.807, 2.05) is 0 Å². The average Bonchev–Trinajstić information content (AvgIpc) is 2.97. The minimum absolute atomic E-state index is 0.387. The molecule has 2 fully saturated rings. The summed E-state index contributed by atoms with van der Waals surface area (Å²) in [5.74, 6) is 0.508. The molecule has 0 aliphatic heterocycles. The van der Waals surface area contributed by atoms with Crippen LogP contribution < -0.4 is 10.0 Å². The summed E-state index contributed by atoms with van der Waals surface area (Å²) >= 11 is 4.90. The van der Waals surface area contributed by atoms with Crippen molar-refractivity contribution in [1.29, 1.82) is 0 Å². The molecule has 0 atom stereocenters. The molecule has 0 saturated heterocycles. The van der Waals surface area contributed by atoms with Gasteiger partial charge in [0.2, 0.25) is 10.0 Å². The van der Waals surface area contributed by atoms with E-state index in [-0.39, 0.29) is 0 Å². The number of sulfonamides is 1. The van der Waals surface area contributed by atoms with Gasteiger partial charge in [-0.15, -0.1) is 11.3 Å². The van der Waals surface area contributed by atoms with Gasteiger partial charge in [0.25, 0.3) is 0 Å². The Bertz CT molecular complexity index is 590. The van der Waals surface area contributed by atoms with Crippen molar-refractivity contribution in [3.8, 4) is 0 Å². The maximum Gasteiger partial charge on any atom is 0.242 e. The van der Waals surface area contributed by atoms with Crippen LogP contribution >= 0.6 is 27.3 Å². The molecule has 0 aromatic carbocycles. The summed E-state index contributed by atoms with van der Waals surface area (Å²) in [5, 5.41) is 3.42. The molecule has 7 heteroatoms. The van der Waals surface area contributed by atoms with Gasteiger partial charge in [-0.3, -0.25) is 0 Å². The highest BCUT2D eigenvalue weighted by atomic mass is 79.9. The van der Waals surface area contributed by atoms with Crippen molar-refractivity contribution < 1.29 is 8.42 Å². The Morgan fingerprint density at radius 1 is 1.24 bits per heavy atom. The van der Waals surface area contributed by atoms with E-state index in [1.165, 1.54) is 37.0 Å². The van der Waals surface area contributed by atoms with Gasteiger partial charge in [-0.2, -0.15) is 0 Å². The van der Waals surface area contributed by atoms with E-state index in [1.54, 1.807) is 6.07 Å². The van der Waals surface area contributed by atoms with E-state index in [4.69, 9.17) is 0 Å². The Hall–Kier alpha value is 0.0500. The molecule has 0 spiro atoms. The molecule has 0 radical (unpaired) electrons. The van der Waals surface area contributed by atoms with Crippen LogP contribution in [0.3, 0.4) is 0 Å². The van der Waals surface area contributed by atoms with Crippen LogP contribution in [0.25, 0.3) is 0 Å². The van der Waals surface area contributed by atoms with E-state index in [2.05, 4.69) is 26.0 Å². The van der Waals surface area contributed by atoms with Crippen molar-refractivity contribution in [2.24, 2.45) is 5.92 Å². The largest absolute Gasteiger partial charge is 0.309 e. The van der Waals surface area contributed by atoms with Crippen LogP contribution in [0, 0.1) is 5.92 Å². The second-order valence-electron chi connectivity index (χ2n) is 6.01. The summed E-state index contributed by atoms with van der Waals surface area (Å²) in [7, 11) is -3.39. The third kappa shape index (κ3) is 4.28. The fourth-order valence-corrected chi connectivity index (χ4v) is 6.47. The maximum atomic E-state index is 12.4. The molecule has 2 saturated carbocycles. The number of rotatable bonds is 7. The fourth-order valence-electron chi connectivity index (χ4n) is 2.72. The molecule has 0 bridgehead atoms. The molecule has 2 N–H and O–H groups in total. The summed E-state index contributed by atoms with van der Waals surface area (Å²) in [6.45, 7) is 1.33. The van der Waals surface area contributed by atoms with Crippen LogP contribution in [0.1, 0.15) is 43.4 Å². The van der Waals surface area contributed by atoms with Crippen LogP contribution in [0.15, 0.2) is 14.7 Å². The lowest BCUT2D eigenvalue weighted by atomic mass is 10.1. The van der Waals surface area contributed by atoms with Crippen molar-refractivity contribution in [3.63, 3.8) is 0 Å². The Balaban J connectivity index is 1.62. The molecule has 118 valence electrons. The summed E-state index contributed by atoms with van der Waals surface area (Å²) in [6.07, 6.45) is 7.21. The smallest absolute Gasteiger partial charge is 0.242 e. The van der Waals surface area contributed by atoms with Crippen LogP contribution in [0.4, 0.5) is 0 Å². The molecular formula is C14H21BrN2O2S2. The average molecular weight is 393 g/mol. The van der Waals surface area contributed by atoms with Crippen molar-refractivity contribution >= 4 is 37.3 Å². The Morgan fingerprint density at radius 2 is 1.95 bits per heavy atom. The first kappa shape index (κ1) is 15.9. The maximum absolute atomic E-state index is 12.4. The number of thiophene rings is 1. The van der Waals surface area contributed by atoms with E-state index >= 15 is 0 Å². The first-order chi connectivity index (χ1) is 10.0. The van der Waals surface area contributed by atoms with Gasteiger partial charge in [-0.1, -0.05) is 12.8 Å². The van der Waals surface area contributed by atoms with Crippen molar-refractivity contribution in [3.05, 3.63) is 14.7 Å². The minimum Gasteiger partial charge on any atom is -0.309 e. The van der Waals surface area contributed by atoms with Gasteiger partial charge in [0.1, 0.15) is 4.90 Å². The van der Waals surface area contributed by atoms with Gasteiger partial charge in [0.15, 0.2) is 0 Å². The van der Waals surface area contributed by atoms with Crippen LogP contribution in [-0.2, 0) is 16.6 Å². The number of hydrogen-bond acceptors (Lipinski definition) is 4. The second kappa shape index (κ2) is 6.66. The van der Waals surface area contributed by atoms with Gasteiger partial charge in [0.05, 0.1) is 3.79 Å². The molecular weight excluding hydrogens is 372 g/mol. The van der Waals surface area contributed by atoms with Gasteiger partial charge >= 0.3 is 0 Å². The molecule has 2 aliphatic carbocycles. The third-order valence-electron chi connectivity index (χ3n) is 4.18. The highest BCUT2D eigenvalue weighted by Gasteiger charge is 2.25. The van der Waals surface area contributed by atoms with E-state index in [0.717, 1.165) is 24.3 Å².